The highest BCUT2D eigenvalue weighted by molar-refractivity contribution is 8.18. The van der Waals surface area contributed by atoms with Crippen molar-refractivity contribution in [3.8, 4) is 11.5 Å². The van der Waals surface area contributed by atoms with Gasteiger partial charge in [-0.1, -0.05) is 0 Å². The maximum Gasteiger partial charge on any atom is 0.335 e. The van der Waals surface area contributed by atoms with Crippen molar-refractivity contribution in [3.05, 3.63) is 62.5 Å². The van der Waals surface area contributed by atoms with Crippen molar-refractivity contribution in [2.75, 3.05) is 13.7 Å². The summed E-state index contributed by atoms with van der Waals surface area (Å²) >= 11 is 1.04. The Bertz CT molecular complexity index is 1130. The number of likely N-dealkylation sites (N-methyl/N-ethyl adjacent to an activating group) is 1. The van der Waals surface area contributed by atoms with E-state index in [1.54, 1.807) is 6.92 Å². The first-order valence-electron chi connectivity index (χ1n) is 8.94. The normalized spacial score (nSPS) is 16.2. The Kier molecular flexibility index (Phi) is 6.25. The number of aromatic hydroxyl groups is 1. The number of amides is 1. The fourth-order valence-corrected chi connectivity index (χ4v) is 3.84. The zero-order valence-corrected chi connectivity index (χ0v) is 17.3. The largest absolute Gasteiger partial charge is 0.504 e. The Morgan fingerprint density at radius 1 is 1.32 bits per heavy atom. The van der Waals surface area contributed by atoms with E-state index in [-0.39, 0.29) is 39.1 Å². The number of ether oxygens (including phenoxy) is 1. The van der Waals surface area contributed by atoms with Gasteiger partial charge in [-0.05, 0) is 49.0 Å². The molecule has 1 saturated heterocycles. The Labute approximate surface area is 180 Å². The van der Waals surface area contributed by atoms with Crippen LogP contribution < -0.4 is 4.74 Å². The van der Waals surface area contributed by atoms with Crippen molar-refractivity contribution in [2.45, 2.75) is 6.92 Å². The minimum absolute atomic E-state index is 0.0602. The van der Waals surface area contributed by atoms with Gasteiger partial charge in [0.1, 0.15) is 0 Å². The van der Waals surface area contributed by atoms with Crippen LogP contribution in [0.5, 0.6) is 11.5 Å². The molecule has 0 radical (unpaired) electrons. The van der Waals surface area contributed by atoms with Crippen molar-refractivity contribution in [3.63, 3.8) is 0 Å². The standard InChI is InChI=1S/C20H17N3O7S/c1-3-22-18(25)16(9-12-8-14(23(28)29)10-15(30-2)17(12)24)31-20(22)21-13-6-4-11(5-7-13)19(26)27/h4-10,24H,3H2,1-2H3,(H,26,27)/b16-9-,21-20?. The SMILES string of the molecule is CCN1C(=O)/C(=C/c2cc([N+](=O)[O-])cc(OC)c2O)SC1=Nc1ccc(C(=O)O)cc1. The van der Waals surface area contributed by atoms with E-state index in [0.29, 0.717) is 17.4 Å². The molecule has 0 aromatic heterocycles. The second kappa shape index (κ2) is 8.88. The zero-order valence-electron chi connectivity index (χ0n) is 16.4. The van der Waals surface area contributed by atoms with E-state index in [4.69, 9.17) is 9.84 Å². The first-order chi connectivity index (χ1) is 14.7. The van der Waals surface area contributed by atoms with E-state index in [1.807, 2.05) is 0 Å². The van der Waals surface area contributed by atoms with Gasteiger partial charge < -0.3 is 14.9 Å². The molecule has 0 bridgehead atoms. The van der Waals surface area contributed by atoms with E-state index < -0.39 is 10.9 Å². The molecule has 0 saturated carbocycles. The third-order valence-corrected chi connectivity index (χ3v) is 5.36. The molecule has 3 rings (SSSR count). The predicted molar refractivity (Wildman–Crippen MR) is 115 cm³/mol. The van der Waals surface area contributed by atoms with Crippen LogP contribution >= 0.6 is 11.8 Å². The van der Waals surface area contributed by atoms with Crippen LogP contribution in [-0.4, -0.2) is 50.7 Å². The van der Waals surface area contributed by atoms with Gasteiger partial charge in [0.25, 0.3) is 11.6 Å². The van der Waals surface area contributed by atoms with Crippen LogP contribution in [0.25, 0.3) is 6.08 Å². The maximum atomic E-state index is 12.8. The quantitative estimate of drug-likeness (QED) is 0.391. The number of methoxy groups -OCH3 is 1. The summed E-state index contributed by atoms with van der Waals surface area (Å²) < 4.78 is 4.99. The molecule has 160 valence electrons. The van der Waals surface area contributed by atoms with Crippen LogP contribution in [0.4, 0.5) is 11.4 Å². The number of amidine groups is 1. The monoisotopic (exact) mass is 443 g/mol. The molecule has 0 atom stereocenters. The van der Waals surface area contributed by atoms with Gasteiger partial charge in [-0.25, -0.2) is 9.79 Å². The highest BCUT2D eigenvalue weighted by atomic mass is 32.2. The number of carboxylic acid groups (broad SMARTS) is 1. The summed E-state index contributed by atoms with van der Waals surface area (Å²) in [6, 6.07) is 8.09. The summed E-state index contributed by atoms with van der Waals surface area (Å²) in [6.07, 6.45) is 1.34. The van der Waals surface area contributed by atoms with E-state index >= 15 is 0 Å². The van der Waals surface area contributed by atoms with Gasteiger partial charge >= 0.3 is 5.97 Å². The van der Waals surface area contributed by atoms with Crippen molar-refractivity contribution >= 4 is 46.3 Å². The van der Waals surface area contributed by atoms with Crippen molar-refractivity contribution in [1.82, 2.24) is 4.90 Å². The number of nitrogens with zero attached hydrogens (tertiary/aromatic N) is 3. The van der Waals surface area contributed by atoms with Crippen LogP contribution in [0.2, 0.25) is 0 Å². The number of nitro groups is 1. The third kappa shape index (κ3) is 4.51. The number of hydrogen-bond acceptors (Lipinski definition) is 8. The molecule has 31 heavy (non-hydrogen) atoms. The number of benzene rings is 2. The molecule has 0 spiro atoms. The number of non-ortho nitro benzene ring substituents is 1. The topological polar surface area (TPSA) is 143 Å². The number of phenolic OH excluding ortho intramolecular Hbond substituents is 1. The molecule has 1 amide bonds. The summed E-state index contributed by atoms with van der Waals surface area (Å²) in [4.78, 5) is 40.4. The second-order valence-electron chi connectivity index (χ2n) is 6.25. The zero-order chi connectivity index (χ0) is 22.7. The lowest BCUT2D eigenvalue weighted by Crippen LogP contribution is -2.28. The number of carbonyl (C=O) groups is 2. The molecule has 2 aromatic carbocycles. The number of hydrogen-bond donors (Lipinski definition) is 2. The smallest absolute Gasteiger partial charge is 0.335 e. The molecule has 11 heteroatoms. The summed E-state index contributed by atoms with van der Waals surface area (Å²) in [7, 11) is 1.27. The number of carboxylic acids is 1. The van der Waals surface area contributed by atoms with E-state index in [0.717, 1.165) is 23.9 Å². The van der Waals surface area contributed by atoms with Gasteiger partial charge in [-0.15, -0.1) is 0 Å². The number of phenols is 1. The van der Waals surface area contributed by atoms with E-state index in [9.17, 15) is 24.8 Å². The predicted octanol–water partition coefficient (Wildman–Crippen LogP) is 3.63. The number of nitro benzene ring substituents is 1. The molecule has 0 unspecified atom stereocenters. The average molecular weight is 443 g/mol. The number of carbonyl (C=O) groups excluding carboxylic acids is 1. The summed E-state index contributed by atoms with van der Waals surface area (Å²) in [5.74, 6) is -1.85. The second-order valence-corrected chi connectivity index (χ2v) is 7.26. The van der Waals surface area contributed by atoms with Crippen molar-refractivity contribution < 1.29 is 29.5 Å². The molecular formula is C20H17N3O7S. The highest BCUT2D eigenvalue weighted by Crippen LogP contribution is 2.39. The van der Waals surface area contributed by atoms with Gasteiger partial charge in [-0.3, -0.25) is 19.8 Å². The molecule has 2 N–H and O–H groups in total. The van der Waals surface area contributed by atoms with Crippen LogP contribution in [0.3, 0.4) is 0 Å². The summed E-state index contributed by atoms with van der Waals surface area (Å²) in [5.41, 5.74) is 0.337. The summed E-state index contributed by atoms with van der Waals surface area (Å²) in [5, 5.41) is 30.8. The van der Waals surface area contributed by atoms with Crippen LogP contribution in [-0.2, 0) is 4.79 Å². The molecule has 1 heterocycles. The van der Waals surface area contributed by atoms with Crippen LogP contribution in [0.15, 0.2) is 46.3 Å². The van der Waals surface area contributed by atoms with Crippen LogP contribution in [0, 0.1) is 10.1 Å². The summed E-state index contributed by atoms with van der Waals surface area (Å²) in [6.45, 7) is 2.08. The third-order valence-electron chi connectivity index (χ3n) is 4.35. The van der Waals surface area contributed by atoms with Crippen molar-refractivity contribution in [1.29, 1.82) is 0 Å². The lowest BCUT2D eigenvalue weighted by molar-refractivity contribution is -0.385. The number of thioether (sulfide) groups is 1. The number of rotatable bonds is 6. The Balaban J connectivity index is 2.00. The molecule has 1 aliphatic rings. The Morgan fingerprint density at radius 3 is 2.55 bits per heavy atom. The minimum atomic E-state index is -1.06. The van der Waals surface area contributed by atoms with Gasteiger partial charge in [0.05, 0.1) is 34.3 Å². The molecule has 10 nitrogen and oxygen atoms in total. The molecule has 1 aliphatic heterocycles. The van der Waals surface area contributed by atoms with Gasteiger partial charge in [0.2, 0.25) is 0 Å². The molecule has 0 aliphatic carbocycles. The highest BCUT2D eigenvalue weighted by Gasteiger charge is 2.33. The fourth-order valence-electron chi connectivity index (χ4n) is 2.79. The molecule has 1 fully saturated rings. The lowest BCUT2D eigenvalue weighted by atomic mass is 10.1. The van der Waals surface area contributed by atoms with E-state index in [2.05, 4.69) is 4.99 Å². The Hall–Kier alpha value is -3.86. The van der Waals surface area contributed by atoms with Crippen LogP contribution in [0.1, 0.15) is 22.8 Å². The van der Waals surface area contributed by atoms with Crippen molar-refractivity contribution in [2.24, 2.45) is 4.99 Å². The lowest BCUT2D eigenvalue weighted by Gasteiger charge is -2.12. The minimum Gasteiger partial charge on any atom is -0.504 e. The fraction of sp³-hybridized carbons (Fsp3) is 0.150. The average Bonchev–Trinajstić information content (AvgIpc) is 3.03. The van der Waals surface area contributed by atoms with Gasteiger partial charge in [-0.2, -0.15) is 0 Å². The van der Waals surface area contributed by atoms with Gasteiger partial charge in [0, 0.05) is 18.2 Å². The first kappa shape index (κ1) is 21.8. The maximum absolute atomic E-state index is 12.8. The first-order valence-corrected chi connectivity index (χ1v) is 9.75. The van der Waals surface area contributed by atoms with Gasteiger partial charge in [0.15, 0.2) is 16.7 Å². The molecule has 2 aromatic rings. The molecular weight excluding hydrogens is 426 g/mol. The number of aliphatic imine (C=N–C) groups is 1. The van der Waals surface area contributed by atoms with E-state index in [1.165, 1.54) is 42.4 Å². The Morgan fingerprint density at radius 2 is 2.00 bits per heavy atom. The number of aromatic carboxylic acids is 1.